The number of carbonyl (C=O) groups is 1. The van der Waals surface area contributed by atoms with Gasteiger partial charge in [-0.05, 0) is 19.3 Å². The van der Waals surface area contributed by atoms with Gasteiger partial charge in [0.2, 0.25) is 5.89 Å². The Morgan fingerprint density at radius 3 is 2.80 bits per heavy atom. The topological polar surface area (TPSA) is 67.6 Å². The molecule has 2 aromatic rings. The number of ether oxygens (including phenoxy) is 1. The summed E-state index contributed by atoms with van der Waals surface area (Å²) in [6.07, 6.45) is 4.93. The minimum atomic E-state index is -0.0335. The molecule has 6 heteroatoms. The molecule has 0 radical (unpaired) electrons. The predicted molar refractivity (Wildman–Crippen MR) is 92.8 cm³/mol. The van der Waals surface area contributed by atoms with E-state index >= 15 is 0 Å². The number of hydrogen-bond donors (Lipinski definition) is 1. The molecule has 2 fully saturated rings. The van der Waals surface area contributed by atoms with Gasteiger partial charge in [0.25, 0.3) is 0 Å². The summed E-state index contributed by atoms with van der Waals surface area (Å²) in [7, 11) is 0. The average Bonchev–Trinajstić information content (AvgIpc) is 3.16. The molecule has 2 amide bonds. The van der Waals surface area contributed by atoms with Crippen LogP contribution in [-0.4, -0.2) is 41.7 Å². The fourth-order valence-corrected chi connectivity index (χ4v) is 3.17. The third-order valence-electron chi connectivity index (χ3n) is 4.73. The zero-order valence-corrected chi connectivity index (χ0v) is 14.2. The van der Waals surface area contributed by atoms with Gasteiger partial charge in [-0.15, -0.1) is 0 Å². The van der Waals surface area contributed by atoms with Crippen molar-refractivity contribution in [3.8, 4) is 11.3 Å². The summed E-state index contributed by atoms with van der Waals surface area (Å²) < 4.78 is 11.2. The molecule has 1 aliphatic carbocycles. The maximum Gasteiger partial charge on any atom is 0.318 e. The third-order valence-corrected chi connectivity index (χ3v) is 4.73. The minimum absolute atomic E-state index is 0.0335. The van der Waals surface area contributed by atoms with E-state index in [4.69, 9.17) is 9.15 Å². The van der Waals surface area contributed by atoms with Crippen LogP contribution in [0.4, 0.5) is 4.79 Å². The third kappa shape index (κ3) is 4.02. The van der Waals surface area contributed by atoms with Gasteiger partial charge < -0.3 is 19.4 Å². The Morgan fingerprint density at radius 1 is 1.24 bits per heavy atom. The lowest BCUT2D eigenvalue weighted by Gasteiger charge is -2.25. The lowest BCUT2D eigenvalue weighted by Crippen LogP contribution is -2.43. The molecule has 1 aromatic carbocycles. The summed E-state index contributed by atoms with van der Waals surface area (Å²) >= 11 is 0. The number of hydrogen-bond acceptors (Lipinski definition) is 4. The highest BCUT2D eigenvalue weighted by Crippen LogP contribution is 2.29. The van der Waals surface area contributed by atoms with Crippen LogP contribution in [0.5, 0.6) is 0 Å². The zero-order valence-electron chi connectivity index (χ0n) is 14.2. The summed E-state index contributed by atoms with van der Waals surface area (Å²) in [6.45, 7) is 2.65. The second-order valence-corrected chi connectivity index (χ2v) is 6.76. The lowest BCUT2D eigenvalue weighted by molar-refractivity contribution is 0.161. The van der Waals surface area contributed by atoms with E-state index in [1.54, 1.807) is 6.20 Å². The molecule has 1 saturated heterocycles. The van der Waals surface area contributed by atoms with Crippen LogP contribution in [0.15, 0.2) is 40.9 Å². The van der Waals surface area contributed by atoms with Gasteiger partial charge in [-0.3, -0.25) is 0 Å². The molecule has 0 spiro atoms. The number of carbonyl (C=O) groups excluding carboxylic acids is 1. The van der Waals surface area contributed by atoms with Gasteiger partial charge in [-0.25, -0.2) is 9.78 Å². The number of benzene rings is 1. The molecule has 0 unspecified atom stereocenters. The molecule has 132 valence electrons. The van der Waals surface area contributed by atoms with Crippen molar-refractivity contribution in [3.05, 3.63) is 42.4 Å². The molecule has 1 N–H and O–H groups in total. The van der Waals surface area contributed by atoms with Crippen LogP contribution in [0.25, 0.3) is 11.3 Å². The van der Waals surface area contributed by atoms with Crippen molar-refractivity contribution in [3.63, 3.8) is 0 Å². The predicted octanol–water partition coefficient (Wildman–Crippen LogP) is 3.05. The second-order valence-electron chi connectivity index (χ2n) is 6.76. The van der Waals surface area contributed by atoms with Crippen molar-refractivity contribution in [1.29, 1.82) is 0 Å². The van der Waals surface area contributed by atoms with E-state index in [-0.39, 0.29) is 6.03 Å². The lowest BCUT2D eigenvalue weighted by atomic mass is 10.1. The summed E-state index contributed by atoms with van der Waals surface area (Å²) in [5, 5.41) is 2.95. The van der Waals surface area contributed by atoms with Crippen molar-refractivity contribution in [2.45, 2.75) is 31.8 Å². The van der Waals surface area contributed by atoms with Crippen molar-refractivity contribution >= 4 is 6.03 Å². The number of aromatic nitrogens is 1. The fourth-order valence-electron chi connectivity index (χ4n) is 3.17. The monoisotopic (exact) mass is 341 g/mol. The minimum Gasteiger partial charge on any atom is -0.439 e. The van der Waals surface area contributed by atoms with Crippen LogP contribution < -0.4 is 5.32 Å². The Hall–Kier alpha value is -2.34. The van der Waals surface area contributed by atoms with Crippen LogP contribution >= 0.6 is 0 Å². The number of oxazole rings is 1. The smallest absolute Gasteiger partial charge is 0.318 e. The summed E-state index contributed by atoms with van der Waals surface area (Å²) in [4.78, 5) is 18.8. The Bertz CT molecular complexity index is 706. The number of urea groups is 1. The quantitative estimate of drug-likeness (QED) is 0.877. The standard InChI is InChI=1S/C19H23N3O3/c23-19(22(16-6-7-16)12-14-8-9-24-13-14)21-11-18-20-10-17(25-18)15-4-2-1-3-5-15/h1-5,10,14,16H,6-9,11-13H2,(H,21,23)/t14-/m0/s1. The van der Waals surface area contributed by atoms with E-state index < -0.39 is 0 Å². The highest BCUT2D eigenvalue weighted by Gasteiger charge is 2.34. The second kappa shape index (κ2) is 7.27. The van der Waals surface area contributed by atoms with E-state index in [9.17, 15) is 4.79 Å². The van der Waals surface area contributed by atoms with Gasteiger partial charge in [0.15, 0.2) is 5.76 Å². The first kappa shape index (κ1) is 16.1. The average molecular weight is 341 g/mol. The normalized spacial score (nSPS) is 19.8. The number of rotatable bonds is 6. The van der Waals surface area contributed by atoms with Gasteiger partial charge in [0.1, 0.15) is 0 Å². The Labute approximate surface area is 147 Å². The first-order valence-corrected chi connectivity index (χ1v) is 8.92. The van der Waals surface area contributed by atoms with Crippen molar-refractivity contribution < 1.29 is 13.9 Å². The summed E-state index contributed by atoms with van der Waals surface area (Å²) in [6, 6.07) is 10.2. The zero-order chi connectivity index (χ0) is 17.1. The fraction of sp³-hybridized carbons (Fsp3) is 0.474. The van der Waals surface area contributed by atoms with E-state index in [0.717, 1.165) is 44.6 Å². The summed E-state index contributed by atoms with van der Waals surface area (Å²) in [5.74, 6) is 1.69. The van der Waals surface area contributed by atoms with E-state index in [0.29, 0.717) is 30.2 Å². The van der Waals surface area contributed by atoms with E-state index in [1.165, 1.54) is 0 Å². The Morgan fingerprint density at radius 2 is 2.08 bits per heavy atom. The molecular weight excluding hydrogens is 318 g/mol. The molecular formula is C19H23N3O3. The van der Waals surface area contributed by atoms with Crippen molar-refractivity contribution in [1.82, 2.24) is 15.2 Å². The van der Waals surface area contributed by atoms with E-state index in [1.807, 2.05) is 35.2 Å². The van der Waals surface area contributed by atoms with Gasteiger partial charge in [-0.2, -0.15) is 0 Å². The summed E-state index contributed by atoms with van der Waals surface area (Å²) in [5.41, 5.74) is 0.980. The molecule has 25 heavy (non-hydrogen) atoms. The van der Waals surface area contributed by atoms with Crippen LogP contribution in [-0.2, 0) is 11.3 Å². The molecule has 1 saturated carbocycles. The number of nitrogens with zero attached hydrogens (tertiary/aromatic N) is 2. The van der Waals surface area contributed by atoms with Gasteiger partial charge in [0, 0.05) is 30.7 Å². The molecule has 2 aliphatic rings. The van der Waals surface area contributed by atoms with Crippen molar-refractivity contribution in [2.24, 2.45) is 5.92 Å². The SMILES string of the molecule is O=C(NCc1ncc(-c2ccccc2)o1)N(C[C@@H]1CCOC1)C1CC1. The van der Waals surface area contributed by atoms with Gasteiger partial charge in [-0.1, -0.05) is 30.3 Å². The van der Waals surface area contributed by atoms with Crippen molar-refractivity contribution in [2.75, 3.05) is 19.8 Å². The Balaban J connectivity index is 1.33. The van der Waals surface area contributed by atoms with Crippen LogP contribution in [0.2, 0.25) is 0 Å². The Kier molecular flexibility index (Phi) is 4.70. The molecule has 1 aromatic heterocycles. The first-order valence-electron chi connectivity index (χ1n) is 8.92. The van der Waals surface area contributed by atoms with Gasteiger partial charge in [0.05, 0.1) is 19.3 Å². The highest BCUT2D eigenvalue weighted by molar-refractivity contribution is 5.74. The number of amides is 2. The molecule has 6 nitrogen and oxygen atoms in total. The largest absolute Gasteiger partial charge is 0.439 e. The molecule has 4 rings (SSSR count). The van der Waals surface area contributed by atoms with Crippen LogP contribution in [0.3, 0.4) is 0 Å². The maximum atomic E-state index is 12.6. The van der Waals surface area contributed by atoms with Crippen LogP contribution in [0, 0.1) is 5.92 Å². The highest BCUT2D eigenvalue weighted by atomic mass is 16.5. The molecule has 1 atom stereocenters. The van der Waals surface area contributed by atoms with Crippen LogP contribution in [0.1, 0.15) is 25.2 Å². The first-order chi connectivity index (χ1) is 12.3. The maximum absolute atomic E-state index is 12.6. The van der Waals surface area contributed by atoms with E-state index in [2.05, 4.69) is 10.3 Å². The van der Waals surface area contributed by atoms with Gasteiger partial charge >= 0.3 is 6.03 Å². The number of nitrogens with one attached hydrogen (secondary N) is 1. The molecule has 1 aliphatic heterocycles. The molecule has 0 bridgehead atoms. The molecule has 2 heterocycles.